The lowest BCUT2D eigenvalue weighted by molar-refractivity contribution is 0.839. The van der Waals surface area contributed by atoms with Crippen molar-refractivity contribution in [3.8, 4) is 0 Å². The standard InChI is InChI=1S/C8H8.2C2H6/c1-2-4-8-6-5-7(8)3-1;2*1-2/h1-4H,5-6H2;2*1-2H3. The van der Waals surface area contributed by atoms with Crippen LogP contribution < -0.4 is 0 Å². The Hall–Kier alpha value is -0.780. The van der Waals surface area contributed by atoms with Crippen molar-refractivity contribution in [3.05, 3.63) is 35.4 Å². The number of fused-ring (bicyclic) bond motifs is 1. The predicted octanol–water partition coefficient (Wildman–Crippen LogP) is 3.84. The van der Waals surface area contributed by atoms with E-state index in [1.807, 2.05) is 27.7 Å². The van der Waals surface area contributed by atoms with Crippen LogP contribution in [0.4, 0.5) is 0 Å². The van der Waals surface area contributed by atoms with E-state index in [1.165, 1.54) is 12.8 Å². The second kappa shape index (κ2) is 6.90. The monoisotopic (exact) mass is 164 g/mol. The van der Waals surface area contributed by atoms with E-state index < -0.39 is 0 Å². The summed E-state index contributed by atoms with van der Waals surface area (Å²) < 4.78 is 0. The van der Waals surface area contributed by atoms with Gasteiger partial charge in [-0.05, 0) is 24.0 Å². The molecule has 0 aliphatic heterocycles. The highest BCUT2D eigenvalue weighted by Gasteiger charge is 2.09. The van der Waals surface area contributed by atoms with Gasteiger partial charge in [0.05, 0.1) is 0 Å². The highest BCUT2D eigenvalue weighted by Crippen LogP contribution is 2.20. The smallest absolute Gasteiger partial charge is 0.0235 e. The van der Waals surface area contributed by atoms with Crippen LogP contribution in [-0.4, -0.2) is 0 Å². The summed E-state index contributed by atoms with van der Waals surface area (Å²) in [6, 6.07) is 8.63. The molecule has 0 atom stereocenters. The van der Waals surface area contributed by atoms with Gasteiger partial charge in [-0.25, -0.2) is 0 Å². The molecule has 0 heterocycles. The second-order valence-corrected chi connectivity index (χ2v) is 2.27. The zero-order valence-electron chi connectivity index (χ0n) is 8.72. The first-order valence-corrected chi connectivity index (χ1v) is 5.03. The first kappa shape index (κ1) is 11.2. The van der Waals surface area contributed by atoms with Gasteiger partial charge in [0.25, 0.3) is 0 Å². The fourth-order valence-corrected chi connectivity index (χ4v) is 1.14. The molecular formula is C12H20. The van der Waals surface area contributed by atoms with Crippen molar-refractivity contribution in [2.45, 2.75) is 40.5 Å². The molecule has 0 aromatic heterocycles. The molecule has 1 aromatic rings. The van der Waals surface area contributed by atoms with Crippen LogP contribution in [0.3, 0.4) is 0 Å². The molecule has 1 aromatic carbocycles. The minimum Gasteiger partial charge on any atom is -0.0683 e. The van der Waals surface area contributed by atoms with Crippen LogP contribution in [0.15, 0.2) is 24.3 Å². The van der Waals surface area contributed by atoms with Crippen LogP contribution in [0, 0.1) is 0 Å². The fraction of sp³-hybridized carbons (Fsp3) is 0.500. The van der Waals surface area contributed by atoms with Crippen molar-refractivity contribution in [2.24, 2.45) is 0 Å². The van der Waals surface area contributed by atoms with Gasteiger partial charge in [-0.3, -0.25) is 0 Å². The van der Waals surface area contributed by atoms with Crippen molar-refractivity contribution >= 4 is 0 Å². The summed E-state index contributed by atoms with van der Waals surface area (Å²) in [6.07, 6.45) is 2.60. The molecule has 1 aliphatic carbocycles. The summed E-state index contributed by atoms with van der Waals surface area (Å²) in [5.74, 6) is 0. The molecule has 0 N–H and O–H groups in total. The molecule has 0 heteroatoms. The maximum atomic E-state index is 2.21. The maximum Gasteiger partial charge on any atom is -0.0235 e. The first-order valence-electron chi connectivity index (χ1n) is 5.03. The first-order chi connectivity index (χ1) is 5.97. The molecule has 0 saturated carbocycles. The molecule has 1 aliphatic rings. The summed E-state index contributed by atoms with van der Waals surface area (Å²) >= 11 is 0. The third-order valence-corrected chi connectivity index (χ3v) is 1.78. The molecule has 0 nitrogen and oxygen atoms in total. The Bertz CT molecular complexity index is 178. The number of aryl methyl sites for hydroxylation is 2. The van der Waals surface area contributed by atoms with E-state index >= 15 is 0 Å². The molecule has 0 amide bonds. The minimum absolute atomic E-state index is 1.30. The summed E-state index contributed by atoms with van der Waals surface area (Å²) in [5, 5.41) is 0. The Balaban J connectivity index is 0.000000269. The SMILES string of the molecule is CC.CC.c1ccc2c(c1)CC2. The molecule has 68 valence electrons. The Morgan fingerprint density at radius 1 is 0.750 bits per heavy atom. The number of benzene rings is 1. The van der Waals surface area contributed by atoms with Gasteiger partial charge in [-0.1, -0.05) is 52.0 Å². The molecule has 0 bridgehead atoms. The zero-order chi connectivity index (χ0) is 9.40. The molecule has 2 rings (SSSR count). The van der Waals surface area contributed by atoms with E-state index in [0.717, 1.165) is 0 Å². The predicted molar refractivity (Wildman–Crippen MR) is 56.5 cm³/mol. The van der Waals surface area contributed by atoms with Crippen molar-refractivity contribution < 1.29 is 0 Å². The van der Waals surface area contributed by atoms with Crippen molar-refractivity contribution in [2.75, 3.05) is 0 Å². The van der Waals surface area contributed by atoms with Crippen LogP contribution in [-0.2, 0) is 12.8 Å². The van der Waals surface area contributed by atoms with Gasteiger partial charge in [0, 0.05) is 0 Å². The van der Waals surface area contributed by atoms with Crippen LogP contribution in [0.2, 0.25) is 0 Å². The van der Waals surface area contributed by atoms with Gasteiger partial charge in [-0.2, -0.15) is 0 Å². The normalized spacial score (nSPS) is 10.7. The lowest BCUT2D eigenvalue weighted by atomic mass is 9.89. The summed E-state index contributed by atoms with van der Waals surface area (Å²) in [4.78, 5) is 0. The molecule has 0 spiro atoms. The number of rotatable bonds is 0. The molecule has 0 radical (unpaired) electrons. The topological polar surface area (TPSA) is 0 Å². The van der Waals surface area contributed by atoms with E-state index in [0.29, 0.717) is 0 Å². The Kier molecular flexibility index (Phi) is 6.45. The van der Waals surface area contributed by atoms with E-state index in [-0.39, 0.29) is 0 Å². The Morgan fingerprint density at radius 2 is 1.08 bits per heavy atom. The number of hydrogen-bond acceptors (Lipinski definition) is 0. The minimum atomic E-state index is 1.30. The van der Waals surface area contributed by atoms with Crippen molar-refractivity contribution in [3.63, 3.8) is 0 Å². The van der Waals surface area contributed by atoms with Crippen molar-refractivity contribution in [1.29, 1.82) is 0 Å². The highest BCUT2D eigenvalue weighted by molar-refractivity contribution is 5.34. The van der Waals surface area contributed by atoms with Crippen LogP contribution in [0.5, 0.6) is 0 Å². The quantitative estimate of drug-likeness (QED) is 0.546. The zero-order valence-corrected chi connectivity index (χ0v) is 8.72. The lowest BCUT2D eigenvalue weighted by Gasteiger charge is -2.16. The van der Waals surface area contributed by atoms with Crippen LogP contribution >= 0.6 is 0 Å². The Labute approximate surface area is 76.6 Å². The maximum absolute atomic E-state index is 2.21. The van der Waals surface area contributed by atoms with Gasteiger partial charge in [0.2, 0.25) is 0 Å². The third kappa shape index (κ3) is 2.69. The van der Waals surface area contributed by atoms with E-state index in [2.05, 4.69) is 24.3 Å². The van der Waals surface area contributed by atoms with E-state index in [9.17, 15) is 0 Å². The molecule has 0 unspecified atom stereocenters. The van der Waals surface area contributed by atoms with Crippen LogP contribution in [0.25, 0.3) is 0 Å². The fourth-order valence-electron chi connectivity index (χ4n) is 1.14. The summed E-state index contributed by atoms with van der Waals surface area (Å²) in [7, 11) is 0. The summed E-state index contributed by atoms with van der Waals surface area (Å²) in [5.41, 5.74) is 3.10. The van der Waals surface area contributed by atoms with Crippen LogP contribution in [0.1, 0.15) is 38.8 Å². The third-order valence-electron chi connectivity index (χ3n) is 1.78. The van der Waals surface area contributed by atoms with Gasteiger partial charge in [-0.15, -0.1) is 0 Å². The van der Waals surface area contributed by atoms with E-state index in [4.69, 9.17) is 0 Å². The lowest BCUT2D eigenvalue weighted by Crippen LogP contribution is -2.06. The van der Waals surface area contributed by atoms with E-state index in [1.54, 1.807) is 11.1 Å². The second-order valence-electron chi connectivity index (χ2n) is 2.27. The van der Waals surface area contributed by atoms with Gasteiger partial charge in [0.1, 0.15) is 0 Å². The van der Waals surface area contributed by atoms with Crippen molar-refractivity contribution in [1.82, 2.24) is 0 Å². The summed E-state index contributed by atoms with van der Waals surface area (Å²) in [6.45, 7) is 8.00. The average Bonchev–Trinajstić information content (AvgIpc) is 2.14. The molecule has 12 heavy (non-hydrogen) atoms. The molecule has 0 fully saturated rings. The largest absolute Gasteiger partial charge is 0.0683 e. The Morgan fingerprint density at radius 3 is 1.25 bits per heavy atom. The highest BCUT2D eigenvalue weighted by atomic mass is 14.1. The molecular weight excluding hydrogens is 144 g/mol. The van der Waals surface area contributed by atoms with Gasteiger partial charge >= 0.3 is 0 Å². The number of hydrogen-bond donors (Lipinski definition) is 0. The average molecular weight is 164 g/mol. The molecule has 0 saturated heterocycles. The van der Waals surface area contributed by atoms with Gasteiger partial charge in [0.15, 0.2) is 0 Å². The van der Waals surface area contributed by atoms with Gasteiger partial charge < -0.3 is 0 Å².